The molecule has 8 heteroatoms. The van der Waals surface area contributed by atoms with Gasteiger partial charge in [-0.2, -0.15) is 0 Å². The van der Waals surface area contributed by atoms with E-state index >= 15 is 0 Å². The monoisotopic (exact) mass is 424 g/mol. The van der Waals surface area contributed by atoms with E-state index in [0.717, 1.165) is 22.6 Å². The number of anilines is 3. The molecule has 2 aromatic rings. The van der Waals surface area contributed by atoms with Gasteiger partial charge >= 0.3 is 0 Å². The molecule has 0 saturated carbocycles. The van der Waals surface area contributed by atoms with Gasteiger partial charge in [-0.15, -0.1) is 0 Å². The number of carbonyl (C=O) groups is 2. The Hall–Kier alpha value is -3.52. The van der Waals surface area contributed by atoms with Crippen LogP contribution in [0.3, 0.4) is 0 Å². The average molecular weight is 425 g/mol. The molecule has 0 unspecified atom stereocenters. The van der Waals surface area contributed by atoms with Crippen molar-refractivity contribution in [3.05, 3.63) is 47.7 Å². The maximum Gasteiger partial charge on any atom is 0.258 e. The van der Waals surface area contributed by atoms with Crippen LogP contribution < -0.4 is 30.7 Å². The van der Waals surface area contributed by atoms with Gasteiger partial charge in [-0.1, -0.05) is 6.92 Å². The molecule has 3 rings (SSSR count). The first kappa shape index (κ1) is 22.2. The lowest BCUT2D eigenvalue weighted by atomic mass is 10.0. The van der Waals surface area contributed by atoms with Crippen molar-refractivity contribution in [2.45, 2.75) is 19.8 Å². The van der Waals surface area contributed by atoms with Crippen molar-refractivity contribution >= 4 is 34.4 Å². The third kappa shape index (κ3) is 4.49. The molecule has 164 valence electrons. The minimum atomic E-state index is -0.182. The fourth-order valence-corrected chi connectivity index (χ4v) is 3.50. The number of allylic oxidation sites excluding steroid dienone is 1. The summed E-state index contributed by atoms with van der Waals surface area (Å²) in [6, 6.07) is 11.0. The number of carbonyl (C=O) groups excluding carboxylic acids is 2. The molecule has 1 aliphatic heterocycles. The number of nitrogens with one attached hydrogen (secondary N) is 2. The number of benzene rings is 2. The number of methoxy groups -OCH3 is 2. The lowest BCUT2D eigenvalue weighted by Crippen LogP contribution is -2.28. The van der Waals surface area contributed by atoms with E-state index in [2.05, 4.69) is 10.6 Å². The summed E-state index contributed by atoms with van der Waals surface area (Å²) in [5, 5.41) is 6.25. The highest BCUT2D eigenvalue weighted by Gasteiger charge is 2.29. The van der Waals surface area contributed by atoms with Crippen LogP contribution in [0.4, 0.5) is 17.1 Å². The largest absolute Gasteiger partial charge is 0.493 e. The summed E-state index contributed by atoms with van der Waals surface area (Å²) in [4.78, 5) is 26.4. The Morgan fingerprint density at radius 3 is 2.35 bits per heavy atom. The molecule has 0 saturated heterocycles. The Bertz CT molecular complexity index is 1010. The quantitative estimate of drug-likeness (QED) is 0.562. The smallest absolute Gasteiger partial charge is 0.258 e. The molecular weight excluding hydrogens is 396 g/mol. The van der Waals surface area contributed by atoms with Gasteiger partial charge in [0.15, 0.2) is 11.5 Å². The van der Waals surface area contributed by atoms with E-state index in [9.17, 15) is 9.59 Å². The number of nitrogens with two attached hydrogens (primary N) is 1. The van der Waals surface area contributed by atoms with E-state index in [1.165, 1.54) is 0 Å². The predicted molar refractivity (Wildman–Crippen MR) is 123 cm³/mol. The molecule has 1 heterocycles. The van der Waals surface area contributed by atoms with Crippen LogP contribution in [0, 0.1) is 0 Å². The number of rotatable bonds is 8. The number of ether oxygens (including phenoxy) is 2. The van der Waals surface area contributed by atoms with Crippen LogP contribution in [0.2, 0.25) is 0 Å². The third-order valence-corrected chi connectivity index (χ3v) is 5.21. The molecule has 0 spiro atoms. The molecule has 0 bridgehead atoms. The third-order valence-electron chi connectivity index (χ3n) is 5.21. The maximum atomic E-state index is 12.8. The van der Waals surface area contributed by atoms with E-state index < -0.39 is 0 Å². The molecule has 2 aromatic carbocycles. The molecule has 8 nitrogen and oxygen atoms in total. The Kier molecular flexibility index (Phi) is 6.81. The number of amides is 2. The van der Waals surface area contributed by atoms with Crippen molar-refractivity contribution in [3.8, 4) is 11.5 Å². The maximum absolute atomic E-state index is 12.8. The summed E-state index contributed by atoms with van der Waals surface area (Å²) in [5.74, 6) is 0.888. The second-order valence-corrected chi connectivity index (χ2v) is 7.08. The molecule has 0 radical (unpaired) electrons. The number of hydrogen-bond donors (Lipinski definition) is 3. The van der Waals surface area contributed by atoms with E-state index in [-0.39, 0.29) is 11.8 Å². The van der Waals surface area contributed by atoms with Crippen molar-refractivity contribution in [1.29, 1.82) is 0 Å². The van der Waals surface area contributed by atoms with E-state index in [0.29, 0.717) is 42.1 Å². The molecule has 2 amide bonds. The summed E-state index contributed by atoms with van der Waals surface area (Å²) in [5.41, 5.74) is 9.85. The Morgan fingerprint density at radius 2 is 1.77 bits per heavy atom. The van der Waals surface area contributed by atoms with Crippen molar-refractivity contribution < 1.29 is 19.1 Å². The lowest BCUT2D eigenvalue weighted by molar-refractivity contribution is -0.118. The van der Waals surface area contributed by atoms with Crippen LogP contribution in [0.1, 0.15) is 25.3 Å². The Labute approximate surface area is 182 Å². The van der Waals surface area contributed by atoms with Gasteiger partial charge in [-0.3, -0.25) is 9.59 Å². The van der Waals surface area contributed by atoms with Crippen molar-refractivity contribution in [3.63, 3.8) is 0 Å². The first-order chi connectivity index (χ1) is 14.9. The normalized spacial score (nSPS) is 13.9. The minimum Gasteiger partial charge on any atom is -0.493 e. The zero-order chi connectivity index (χ0) is 22.5. The van der Waals surface area contributed by atoms with Crippen LogP contribution in [0.15, 0.2) is 42.1 Å². The second kappa shape index (κ2) is 9.53. The molecule has 31 heavy (non-hydrogen) atoms. The van der Waals surface area contributed by atoms with Gasteiger partial charge in [0.05, 0.1) is 25.5 Å². The lowest BCUT2D eigenvalue weighted by Gasteiger charge is -2.18. The molecule has 0 aromatic heterocycles. The van der Waals surface area contributed by atoms with Crippen LogP contribution in [0.25, 0.3) is 5.57 Å². The fraction of sp³-hybridized carbons (Fsp3) is 0.304. The Morgan fingerprint density at radius 1 is 1.13 bits per heavy atom. The highest BCUT2D eigenvalue weighted by Crippen LogP contribution is 2.42. The molecule has 0 fully saturated rings. The first-order valence-electron chi connectivity index (χ1n) is 10.1. The SMILES string of the molecule is CC/C(Nc1ccc(N(C)C(=O)CCN)cc1)=C1/C(=O)Nc2cc(OC)c(OC)cc21. The van der Waals surface area contributed by atoms with Crippen LogP contribution in [0.5, 0.6) is 11.5 Å². The van der Waals surface area contributed by atoms with Crippen molar-refractivity contribution in [2.24, 2.45) is 5.73 Å². The first-order valence-corrected chi connectivity index (χ1v) is 10.1. The summed E-state index contributed by atoms with van der Waals surface area (Å²) in [6.45, 7) is 2.30. The van der Waals surface area contributed by atoms with Crippen molar-refractivity contribution in [2.75, 3.05) is 43.3 Å². The molecule has 0 atom stereocenters. The number of hydrogen-bond acceptors (Lipinski definition) is 6. The summed E-state index contributed by atoms with van der Waals surface area (Å²) >= 11 is 0. The summed E-state index contributed by atoms with van der Waals surface area (Å²) in [6.07, 6.45) is 0.915. The van der Waals surface area contributed by atoms with Crippen LogP contribution in [-0.4, -0.2) is 39.6 Å². The second-order valence-electron chi connectivity index (χ2n) is 7.08. The van der Waals surface area contributed by atoms with Gasteiger partial charge in [-0.25, -0.2) is 0 Å². The zero-order valence-electron chi connectivity index (χ0n) is 18.2. The minimum absolute atomic E-state index is 0.0387. The molecule has 4 N–H and O–H groups in total. The van der Waals surface area contributed by atoms with Gasteiger partial charge < -0.3 is 30.7 Å². The number of fused-ring (bicyclic) bond motifs is 1. The van der Waals surface area contributed by atoms with Gasteiger partial charge in [0.1, 0.15) is 0 Å². The van der Waals surface area contributed by atoms with E-state index in [4.69, 9.17) is 15.2 Å². The summed E-state index contributed by atoms with van der Waals surface area (Å²) in [7, 11) is 4.84. The highest BCUT2D eigenvalue weighted by atomic mass is 16.5. The van der Waals surface area contributed by atoms with Crippen molar-refractivity contribution in [1.82, 2.24) is 0 Å². The van der Waals surface area contributed by atoms with E-state index in [1.807, 2.05) is 31.2 Å². The summed E-state index contributed by atoms with van der Waals surface area (Å²) < 4.78 is 10.7. The molecule has 0 aliphatic carbocycles. The topological polar surface area (TPSA) is 106 Å². The predicted octanol–water partition coefficient (Wildman–Crippen LogP) is 3.20. The number of nitrogens with zero attached hydrogens (tertiary/aromatic N) is 1. The van der Waals surface area contributed by atoms with Gasteiger partial charge in [0, 0.05) is 48.7 Å². The average Bonchev–Trinajstić information content (AvgIpc) is 3.10. The van der Waals surface area contributed by atoms with Crippen LogP contribution in [-0.2, 0) is 9.59 Å². The highest BCUT2D eigenvalue weighted by molar-refractivity contribution is 6.32. The molecular formula is C23H28N4O4. The van der Waals surface area contributed by atoms with Gasteiger partial charge in [0.25, 0.3) is 5.91 Å². The standard InChI is InChI=1S/C23H28N4O4/c1-5-17(25-14-6-8-15(9-7-14)27(2)21(28)10-11-24)22-16-12-19(30-3)20(31-4)13-18(16)26-23(22)29/h6-9,12-13,25H,5,10-11,24H2,1-4H3,(H,26,29)/b22-17-. The van der Waals surface area contributed by atoms with Gasteiger partial charge in [0.2, 0.25) is 5.91 Å². The zero-order valence-corrected chi connectivity index (χ0v) is 18.2. The van der Waals surface area contributed by atoms with Gasteiger partial charge in [-0.05, 0) is 36.8 Å². The van der Waals surface area contributed by atoms with E-state index in [1.54, 1.807) is 38.3 Å². The molecule has 1 aliphatic rings. The fourth-order valence-electron chi connectivity index (χ4n) is 3.50. The van der Waals surface area contributed by atoms with Crippen LogP contribution >= 0.6 is 0 Å². The Balaban J connectivity index is 1.91.